The highest BCUT2D eigenvalue weighted by Crippen LogP contribution is 2.35. The van der Waals surface area contributed by atoms with E-state index < -0.39 is 6.10 Å². The zero-order valence-corrected chi connectivity index (χ0v) is 14.4. The maximum Gasteiger partial charge on any atom is 0.347 e. The monoisotopic (exact) mass is 322 g/mol. The number of hydrogen-bond acceptors (Lipinski definition) is 3. The standard InChI is InChI=1S/C19H27FO3/c1-12(2)17-10-5-13(3)11-18(17)23-19(21)14(4)22-16-8-6-15(20)7-9-16/h6-9,12-14,17-18H,5,10-11H2,1-4H3/t13-,14-,17-,18-/m1/s1. The smallest absolute Gasteiger partial charge is 0.347 e. The number of carbonyl (C=O) groups is 1. The van der Waals surface area contributed by atoms with Gasteiger partial charge in [-0.1, -0.05) is 27.2 Å². The lowest BCUT2D eigenvalue weighted by Crippen LogP contribution is -2.39. The van der Waals surface area contributed by atoms with E-state index in [0.717, 1.165) is 12.8 Å². The van der Waals surface area contributed by atoms with Gasteiger partial charge in [-0.05, 0) is 61.8 Å². The first-order chi connectivity index (χ1) is 10.9. The van der Waals surface area contributed by atoms with Crippen molar-refractivity contribution in [2.24, 2.45) is 17.8 Å². The predicted octanol–water partition coefficient (Wildman–Crippen LogP) is 4.60. The molecule has 0 spiro atoms. The summed E-state index contributed by atoms with van der Waals surface area (Å²) >= 11 is 0. The van der Waals surface area contributed by atoms with Gasteiger partial charge in [-0.2, -0.15) is 0 Å². The molecule has 1 aliphatic carbocycles. The maximum atomic E-state index is 12.9. The van der Waals surface area contributed by atoms with Crippen molar-refractivity contribution in [1.82, 2.24) is 0 Å². The molecule has 1 saturated carbocycles. The summed E-state index contributed by atoms with van der Waals surface area (Å²) in [6.45, 7) is 8.23. The minimum Gasteiger partial charge on any atom is -0.479 e. The molecule has 0 aliphatic heterocycles. The second kappa shape index (κ2) is 7.80. The number of ether oxygens (including phenoxy) is 2. The number of carbonyl (C=O) groups excluding carboxylic acids is 1. The molecule has 1 aromatic rings. The first-order valence-electron chi connectivity index (χ1n) is 8.49. The van der Waals surface area contributed by atoms with Gasteiger partial charge in [0.25, 0.3) is 0 Å². The summed E-state index contributed by atoms with van der Waals surface area (Å²) in [7, 11) is 0. The van der Waals surface area contributed by atoms with Crippen LogP contribution in [0.3, 0.4) is 0 Å². The Kier molecular flexibility index (Phi) is 6.03. The summed E-state index contributed by atoms with van der Waals surface area (Å²) in [5.74, 6) is 1.27. The summed E-state index contributed by atoms with van der Waals surface area (Å²) in [6, 6.07) is 5.65. The molecule has 0 radical (unpaired) electrons. The van der Waals surface area contributed by atoms with Crippen LogP contribution in [-0.2, 0) is 9.53 Å². The van der Waals surface area contributed by atoms with E-state index in [1.165, 1.54) is 30.7 Å². The van der Waals surface area contributed by atoms with Crippen LogP contribution in [-0.4, -0.2) is 18.2 Å². The largest absolute Gasteiger partial charge is 0.479 e. The average Bonchev–Trinajstić information content (AvgIpc) is 2.49. The van der Waals surface area contributed by atoms with Crippen molar-refractivity contribution in [3.8, 4) is 5.75 Å². The fourth-order valence-corrected chi connectivity index (χ4v) is 3.26. The first kappa shape index (κ1) is 17.8. The molecular formula is C19H27FO3. The molecule has 3 nitrogen and oxygen atoms in total. The molecular weight excluding hydrogens is 295 g/mol. The van der Waals surface area contributed by atoms with Gasteiger partial charge >= 0.3 is 5.97 Å². The number of benzene rings is 1. The minimum atomic E-state index is -0.703. The third-order valence-electron chi connectivity index (χ3n) is 4.69. The Labute approximate surface area is 138 Å². The molecule has 0 heterocycles. The molecule has 1 aliphatic rings. The van der Waals surface area contributed by atoms with Crippen LogP contribution < -0.4 is 4.74 Å². The Balaban J connectivity index is 1.94. The topological polar surface area (TPSA) is 35.5 Å². The van der Waals surface area contributed by atoms with Gasteiger partial charge in [0.05, 0.1) is 0 Å². The van der Waals surface area contributed by atoms with E-state index in [2.05, 4.69) is 20.8 Å². The molecule has 0 aromatic heterocycles. The highest BCUT2D eigenvalue weighted by Gasteiger charge is 2.34. The molecule has 4 atom stereocenters. The lowest BCUT2D eigenvalue weighted by Gasteiger charge is -2.37. The van der Waals surface area contributed by atoms with Gasteiger partial charge in [-0.3, -0.25) is 0 Å². The molecule has 4 heteroatoms. The van der Waals surface area contributed by atoms with Crippen molar-refractivity contribution < 1.29 is 18.7 Å². The highest BCUT2D eigenvalue weighted by atomic mass is 19.1. The quantitative estimate of drug-likeness (QED) is 0.743. The summed E-state index contributed by atoms with van der Waals surface area (Å²) in [6.07, 6.45) is 2.47. The van der Waals surface area contributed by atoms with Crippen molar-refractivity contribution in [2.45, 2.75) is 59.2 Å². The molecule has 1 aromatic carbocycles. The summed E-state index contributed by atoms with van der Waals surface area (Å²) in [4.78, 5) is 12.3. The van der Waals surface area contributed by atoms with Crippen LogP contribution in [0.25, 0.3) is 0 Å². The second-order valence-electron chi connectivity index (χ2n) is 7.02. The van der Waals surface area contributed by atoms with Crippen molar-refractivity contribution >= 4 is 5.97 Å². The normalized spacial score (nSPS) is 25.9. The Morgan fingerprint density at radius 2 is 1.83 bits per heavy atom. The third kappa shape index (κ3) is 4.95. The van der Waals surface area contributed by atoms with Gasteiger partial charge in [0, 0.05) is 0 Å². The lowest BCUT2D eigenvalue weighted by molar-refractivity contribution is -0.163. The maximum absolute atomic E-state index is 12.9. The fourth-order valence-electron chi connectivity index (χ4n) is 3.26. The SMILES string of the molecule is CC(C)[C@H]1CC[C@@H](C)C[C@H]1OC(=O)[C@@H](C)Oc1ccc(F)cc1. The average molecular weight is 322 g/mol. The Hall–Kier alpha value is -1.58. The zero-order valence-electron chi connectivity index (χ0n) is 14.4. The van der Waals surface area contributed by atoms with Crippen LogP contribution >= 0.6 is 0 Å². The third-order valence-corrected chi connectivity index (χ3v) is 4.69. The van der Waals surface area contributed by atoms with Gasteiger partial charge in [-0.15, -0.1) is 0 Å². The van der Waals surface area contributed by atoms with Crippen molar-refractivity contribution in [2.75, 3.05) is 0 Å². The fraction of sp³-hybridized carbons (Fsp3) is 0.632. The van der Waals surface area contributed by atoms with E-state index in [1.54, 1.807) is 6.92 Å². The highest BCUT2D eigenvalue weighted by molar-refractivity contribution is 5.74. The molecule has 23 heavy (non-hydrogen) atoms. The lowest BCUT2D eigenvalue weighted by atomic mass is 9.75. The van der Waals surface area contributed by atoms with Gasteiger partial charge in [0.1, 0.15) is 17.7 Å². The van der Waals surface area contributed by atoms with Gasteiger partial charge in [0.2, 0.25) is 0 Å². The van der Waals surface area contributed by atoms with E-state index in [0.29, 0.717) is 23.5 Å². The van der Waals surface area contributed by atoms with E-state index in [4.69, 9.17) is 9.47 Å². The Morgan fingerprint density at radius 1 is 1.17 bits per heavy atom. The van der Waals surface area contributed by atoms with E-state index in [9.17, 15) is 9.18 Å². The number of esters is 1. The van der Waals surface area contributed by atoms with Gasteiger partial charge in [0.15, 0.2) is 6.10 Å². The van der Waals surface area contributed by atoms with Gasteiger partial charge < -0.3 is 9.47 Å². The van der Waals surface area contributed by atoms with Gasteiger partial charge in [-0.25, -0.2) is 9.18 Å². The van der Waals surface area contributed by atoms with Crippen LogP contribution in [0.4, 0.5) is 4.39 Å². The number of halogens is 1. The van der Waals surface area contributed by atoms with Crippen molar-refractivity contribution in [3.05, 3.63) is 30.1 Å². The molecule has 0 amide bonds. The molecule has 0 saturated heterocycles. The van der Waals surface area contributed by atoms with Crippen LogP contribution in [0.5, 0.6) is 5.75 Å². The summed E-state index contributed by atoms with van der Waals surface area (Å²) in [5.41, 5.74) is 0. The van der Waals surface area contributed by atoms with E-state index in [1.807, 2.05) is 0 Å². The Morgan fingerprint density at radius 3 is 2.43 bits per heavy atom. The van der Waals surface area contributed by atoms with Crippen LogP contribution in [0.15, 0.2) is 24.3 Å². The van der Waals surface area contributed by atoms with Crippen LogP contribution in [0.1, 0.15) is 47.0 Å². The molecule has 1 fully saturated rings. The molecule has 0 unspecified atom stereocenters. The van der Waals surface area contributed by atoms with Crippen molar-refractivity contribution in [1.29, 1.82) is 0 Å². The molecule has 0 bridgehead atoms. The van der Waals surface area contributed by atoms with E-state index in [-0.39, 0.29) is 17.9 Å². The Bertz CT molecular complexity index is 512. The zero-order chi connectivity index (χ0) is 17.0. The minimum absolute atomic E-state index is 0.0366. The summed E-state index contributed by atoms with van der Waals surface area (Å²) < 4.78 is 24.2. The molecule has 128 valence electrons. The van der Waals surface area contributed by atoms with Crippen LogP contribution in [0, 0.1) is 23.6 Å². The van der Waals surface area contributed by atoms with E-state index >= 15 is 0 Å². The van der Waals surface area contributed by atoms with Crippen molar-refractivity contribution in [3.63, 3.8) is 0 Å². The van der Waals surface area contributed by atoms with Crippen LogP contribution in [0.2, 0.25) is 0 Å². The number of hydrogen-bond donors (Lipinski definition) is 0. The predicted molar refractivity (Wildman–Crippen MR) is 87.7 cm³/mol. The molecule has 0 N–H and O–H groups in total. The second-order valence-corrected chi connectivity index (χ2v) is 7.02. The number of rotatable bonds is 5. The first-order valence-corrected chi connectivity index (χ1v) is 8.49. The summed E-state index contributed by atoms with van der Waals surface area (Å²) in [5, 5.41) is 0. The molecule has 2 rings (SSSR count).